The summed E-state index contributed by atoms with van der Waals surface area (Å²) in [7, 11) is 0. The molecule has 0 radical (unpaired) electrons. The molecule has 1 aromatic heterocycles. The van der Waals surface area contributed by atoms with Crippen LogP contribution in [0.4, 0.5) is 8.78 Å². The molecule has 110 valence electrons. The lowest BCUT2D eigenvalue weighted by Crippen LogP contribution is -1.99. The molecular weight excluding hydrogens is 282 g/mol. The summed E-state index contributed by atoms with van der Waals surface area (Å²) in [6.07, 6.45) is 0. The topological polar surface area (TPSA) is 25.8 Å². The first-order valence-corrected chi connectivity index (χ1v) is 6.92. The molecule has 3 aromatic rings. The lowest BCUT2D eigenvalue weighted by atomic mass is 10.0. The van der Waals surface area contributed by atoms with E-state index in [1.54, 1.807) is 24.3 Å². The van der Waals surface area contributed by atoms with Gasteiger partial charge in [0.25, 0.3) is 0 Å². The number of hydrogen-bond acceptors (Lipinski definition) is 2. The Kier molecular flexibility index (Phi) is 3.67. The molecule has 0 atom stereocenters. The van der Waals surface area contributed by atoms with Crippen molar-refractivity contribution >= 4 is 0 Å². The minimum atomic E-state index is -0.302. The summed E-state index contributed by atoms with van der Waals surface area (Å²) >= 11 is 0. The van der Waals surface area contributed by atoms with E-state index in [0.29, 0.717) is 11.4 Å². The Morgan fingerprint density at radius 1 is 0.591 bits per heavy atom. The van der Waals surface area contributed by atoms with Gasteiger partial charge in [0.1, 0.15) is 11.6 Å². The van der Waals surface area contributed by atoms with Gasteiger partial charge < -0.3 is 0 Å². The van der Waals surface area contributed by atoms with E-state index < -0.39 is 0 Å². The predicted octanol–water partition coefficient (Wildman–Crippen LogP) is 4.71. The zero-order valence-electron chi connectivity index (χ0n) is 12.3. The molecule has 0 N–H and O–H groups in total. The normalized spacial score (nSPS) is 10.7. The van der Waals surface area contributed by atoms with Gasteiger partial charge in [-0.1, -0.05) is 0 Å². The molecule has 0 saturated heterocycles. The highest BCUT2D eigenvalue weighted by atomic mass is 19.1. The minimum Gasteiger partial charge on any atom is -0.249 e. The Balaban J connectivity index is 2.22. The van der Waals surface area contributed by atoms with Crippen LogP contribution in [0, 0.1) is 25.5 Å². The third-order valence-corrected chi connectivity index (χ3v) is 3.54. The molecule has 1 heterocycles. The van der Waals surface area contributed by atoms with Crippen LogP contribution < -0.4 is 0 Å². The Morgan fingerprint density at radius 2 is 0.909 bits per heavy atom. The van der Waals surface area contributed by atoms with Crippen LogP contribution in [-0.2, 0) is 0 Å². The average Bonchev–Trinajstić information content (AvgIpc) is 2.51. The third kappa shape index (κ3) is 2.72. The molecule has 3 rings (SSSR count). The quantitative estimate of drug-likeness (QED) is 0.684. The summed E-state index contributed by atoms with van der Waals surface area (Å²) in [4.78, 5) is 9.19. The van der Waals surface area contributed by atoms with Gasteiger partial charge in [-0.2, -0.15) is 0 Å². The van der Waals surface area contributed by atoms with Crippen LogP contribution in [0.1, 0.15) is 11.4 Å². The monoisotopic (exact) mass is 296 g/mol. The largest absolute Gasteiger partial charge is 0.249 e. The predicted molar refractivity (Wildman–Crippen MR) is 82.3 cm³/mol. The van der Waals surface area contributed by atoms with E-state index in [2.05, 4.69) is 9.97 Å². The van der Waals surface area contributed by atoms with E-state index in [0.717, 1.165) is 22.5 Å². The van der Waals surface area contributed by atoms with Gasteiger partial charge in [-0.15, -0.1) is 0 Å². The Labute approximate surface area is 127 Å². The summed E-state index contributed by atoms with van der Waals surface area (Å²) in [5.41, 5.74) is 4.49. The van der Waals surface area contributed by atoms with E-state index in [9.17, 15) is 8.78 Å². The van der Waals surface area contributed by atoms with E-state index in [1.165, 1.54) is 24.3 Å². The van der Waals surface area contributed by atoms with Gasteiger partial charge in [0.15, 0.2) is 0 Å². The van der Waals surface area contributed by atoms with Crippen molar-refractivity contribution in [3.63, 3.8) is 0 Å². The molecular formula is C18H14F2N2. The number of aryl methyl sites for hydroxylation is 2. The molecule has 22 heavy (non-hydrogen) atoms. The molecule has 0 spiro atoms. The van der Waals surface area contributed by atoms with Crippen LogP contribution in [-0.4, -0.2) is 9.97 Å². The van der Waals surface area contributed by atoms with E-state index in [4.69, 9.17) is 0 Å². The molecule has 0 unspecified atom stereocenters. The highest BCUT2D eigenvalue weighted by Gasteiger charge is 2.13. The van der Waals surface area contributed by atoms with E-state index in [1.807, 2.05) is 13.8 Å². The fraction of sp³-hybridized carbons (Fsp3) is 0.111. The van der Waals surface area contributed by atoms with Crippen molar-refractivity contribution in [1.82, 2.24) is 9.97 Å². The van der Waals surface area contributed by atoms with Crippen LogP contribution in [0.15, 0.2) is 48.5 Å². The Bertz CT molecular complexity index is 739. The van der Waals surface area contributed by atoms with Gasteiger partial charge in [-0.3, -0.25) is 0 Å². The number of aromatic nitrogens is 2. The summed E-state index contributed by atoms with van der Waals surface area (Å²) in [6.45, 7) is 3.76. The Morgan fingerprint density at radius 3 is 1.23 bits per heavy atom. The maximum absolute atomic E-state index is 13.1. The fourth-order valence-electron chi connectivity index (χ4n) is 2.22. The van der Waals surface area contributed by atoms with Crippen molar-refractivity contribution in [3.8, 4) is 22.5 Å². The number of rotatable bonds is 2. The second-order valence-corrected chi connectivity index (χ2v) is 5.11. The third-order valence-electron chi connectivity index (χ3n) is 3.54. The molecule has 0 fully saturated rings. The molecule has 2 aromatic carbocycles. The van der Waals surface area contributed by atoms with Gasteiger partial charge in [0.05, 0.1) is 22.8 Å². The number of hydrogen-bond donors (Lipinski definition) is 0. The number of nitrogens with zero attached hydrogens (tertiary/aromatic N) is 2. The molecule has 0 amide bonds. The van der Waals surface area contributed by atoms with Gasteiger partial charge in [-0.25, -0.2) is 18.7 Å². The second kappa shape index (κ2) is 5.64. The Hall–Kier alpha value is -2.62. The smallest absolute Gasteiger partial charge is 0.123 e. The molecule has 4 heteroatoms. The summed E-state index contributed by atoms with van der Waals surface area (Å²) in [5, 5.41) is 0. The van der Waals surface area contributed by atoms with E-state index in [-0.39, 0.29) is 11.6 Å². The van der Waals surface area contributed by atoms with Crippen molar-refractivity contribution < 1.29 is 8.78 Å². The standard InChI is InChI=1S/C18H14F2N2/c1-11-12(2)22-18(14-5-9-16(20)10-6-14)17(21-11)13-3-7-15(19)8-4-13/h3-10H,1-2H3. The van der Waals surface area contributed by atoms with Crippen LogP contribution >= 0.6 is 0 Å². The first-order chi connectivity index (χ1) is 10.5. The SMILES string of the molecule is Cc1nc(-c2ccc(F)cc2)c(-c2ccc(F)cc2)nc1C. The highest BCUT2D eigenvalue weighted by molar-refractivity contribution is 5.78. The molecule has 0 aliphatic heterocycles. The summed E-state index contributed by atoms with van der Waals surface area (Å²) in [6, 6.07) is 12.2. The number of benzene rings is 2. The van der Waals surface area contributed by atoms with Crippen molar-refractivity contribution in [2.75, 3.05) is 0 Å². The van der Waals surface area contributed by atoms with Crippen LogP contribution in [0.2, 0.25) is 0 Å². The maximum atomic E-state index is 13.1. The molecule has 0 aliphatic carbocycles. The van der Waals surface area contributed by atoms with Gasteiger partial charge >= 0.3 is 0 Å². The van der Waals surface area contributed by atoms with Crippen LogP contribution in [0.3, 0.4) is 0 Å². The molecule has 0 saturated carbocycles. The highest BCUT2D eigenvalue weighted by Crippen LogP contribution is 2.30. The summed E-state index contributed by atoms with van der Waals surface area (Å²) < 4.78 is 26.3. The molecule has 0 bridgehead atoms. The van der Waals surface area contributed by atoms with E-state index >= 15 is 0 Å². The summed E-state index contributed by atoms with van der Waals surface area (Å²) in [5.74, 6) is -0.604. The average molecular weight is 296 g/mol. The van der Waals surface area contributed by atoms with Crippen LogP contribution in [0.5, 0.6) is 0 Å². The van der Waals surface area contributed by atoms with Crippen molar-refractivity contribution in [2.45, 2.75) is 13.8 Å². The fourth-order valence-corrected chi connectivity index (χ4v) is 2.22. The second-order valence-electron chi connectivity index (χ2n) is 5.11. The van der Waals surface area contributed by atoms with Crippen molar-refractivity contribution in [2.24, 2.45) is 0 Å². The van der Waals surface area contributed by atoms with Crippen molar-refractivity contribution in [3.05, 3.63) is 71.6 Å². The minimum absolute atomic E-state index is 0.302. The van der Waals surface area contributed by atoms with Crippen LogP contribution in [0.25, 0.3) is 22.5 Å². The zero-order chi connectivity index (χ0) is 15.7. The number of halogens is 2. The first kappa shape index (κ1) is 14.3. The van der Waals surface area contributed by atoms with Gasteiger partial charge in [-0.05, 0) is 62.4 Å². The first-order valence-electron chi connectivity index (χ1n) is 6.92. The lowest BCUT2D eigenvalue weighted by molar-refractivity contribution is 0.627. The van der Waals surface area contributed by atoms with Gasteiger partial charge in [0, 0.05) is 11.1 Å². The zero-order valence-corrected chi connectivity index (χ0v) is 12.3. The molecule has 0 aliphatic rings. The molecule has 2 nitrogen and oxygen atoms in total. The lowest BCUT2D eigenvalue weighted by Gasteiger charge is -2.11. The van der Waals surface area contributed by atoms with Gasteiger partial charge in [0.2, 0.25) is 0 Å². The van der Waals surface area contributed by atoms with Crippen molar-refractivity contribution in [1.29, 1.82) is 0 Å². The maximum Gasteiger partial charge on any atom is 0.123 e.